The summed E-state index contributed by atoms with van der Waals surface area (Å²) in [7, 11) is 0. The molecule has 27 heavy (non-hydrogen) atoms. The third kappa shape index (κ3) is 4.05. The fourth-order valence-electron chi connectivity index (χ4n) is 4.18. The van der Waals surface area contributed by atoms with Crippen LogP contribution in [-0.4, -0.2) is 54.0 Å². The van der Waals surface area contributed by atoms with Gasteiger partial charge in [-0.2, -0.15) is 0 Å². The van der Waals surface area contributed by atoms with Crippen LogP contribution in [0.15, 0.2) is 60.7 Å². The SMILES string of the molecule is CC1CC(C(=O)N2CCN(C(c3ccccc3)c3ccccc3)CC2)NN1. The zero-order valence-corrected chi connectivity index (χ0v) is 15.8. The van der Waals surface area contributed by atoms with Gasteiger partial charge in [0.05, 0.1) is 6.04 Å². The highest BCUT2D eigenvalue weighted by Gasteiger charge is 2.33. The minimum Gasteiger partial charge on any atom is -0.339 e. The third-order valence-corrected chi connectivity index (χ3v) is 5.61. The van der Waals surface area contributed by atoms with Crippen LogP contribution in [0.3, 0.4) is 0 Å². The lowest BCUT2D eigenvalue weighted by atomic mass is 9.96. The molecule has 2 N–H and O–H groups in total. The van der Waals surface area contributed by atoms with E-state index < -0.39 is 0 Å². The number of amides is 1. The average molecular weight is 364 g/mol. The van der Waals surface area contributed by atoms with Crippen molar-refractivity contribution in [3.8, 4) is 0 Å². The van der Waals surface area contributed by atoms with Crippen molar-refractivity contribution in [1.29, 1.82) is 0 Å². The zero-order valence-electron chi connectivity index (χ0n) is 15.8. The second-order valence-electron chi connectivity index (χ2n) is 7.56. The minimum absolute atomic E-state index is 0.0920. The molecule has 2 aromatic rings. The summed E-state index contributed by atoms with van der Waals surface area (Å²) in [6, 6.07) is 21.8. The molecule has 2 atom stereocenters. The molecule has 0 spiro atoms. The first-order chi connectivity index (χ1) is 13.2. The summed E-state index contributed by atoms with van der Waals surface area (Å²) in [5, 5.41) is 0. The van der Waals surface area contributed by atoms with Gasteiger partial charge in [-0.25, -0.2) is 5.43 Å². The molecule has 142 valence electrons. The Kier molecular flexibility index (Phi) is 5.53. The topological polar surface area (TPSA) is 47.6 Å². The van der Waals surface area contributed by atoms with E-state index in [0.717, 1.165) is 32.6 Å². The van der Waals surface area contributed by atoms with E-state index in [9.17, 15) is 4.79 Å². The van der Waals surface area contributed by atoms with Crippen LogP contribution >= 0.6 is 0 Å². The number of nitrogens with zero attached hydrogens (tertiary/aromatic N) is 2. The Bertz CT molecular complexity index is 704. The Balaban J connectivity index is 1.47. The molecule has 2 fully saturated rings. The summed E-state index contributed by atoms with van der Waals surface area (Å²) >= 11 is 0. The highest BCUT2D eigenvalue weighted by molar-refractivity contribution is 5.82. The van der Waals surface area contributed by atoms with Crippen molar-refractivity contribution in [3.63, 3.8) is 0 Å². The summed E-state index contributed by atoms with van der Waals surface area (Å²) in [5.74, 6) is 0.225. The predicted octanol–water partition coefficient (Wildman–Crippen LogP) is 2.18. The lowest BCUT2D eigenvalue weighted by Gasteiger charge is -2.40. The second-order valence-corrected chi connectivity index (χ2v) is 7.56. The molecule has 0 aromatic heterocycles. The van der Waals surface area contributed by atoms with Gasteiger partial charge in [0.15, 0.2) is 0 Å². The largest absolute Gasteiger partial charge is 0.339 e. The molecule has 2 aliphatic rings. The average Bonchev–Trinajstić information content (AvgIpc) is 3.16. The van der Waals surface area contributed by atoms with Crippen LogP contribution in [0, 0.1) is 0 Å². The highest BCUT2D eigenvalue weighted by Crippen LogP contribution is 2.29. The summed E-state index contributed by atoms with van der Waals surface area (Å²) in [5.41, 5.74) is 8.90. The predicted molar refractivity (Wildman–Crippen MR) is 107 cm³/mol. The summed E-state index contributed by atoms with van der Waals surface area (Å²) in [6.45, 7) is 5.43. The number of piperazine rings is 1. The number of carbonyl (C=O) groups excluding carboxylic acids is 1. The first-order valence-corrected chi connectivity index (χ1v) is 9.86. The van der Waals surface area contributed by atoms with Gasteiger partial charge < -0.3 is 4.90 Å². The Labute approximate surface area is 161 Å². The maximum Gasteiger partial charge on any atom is 0.241 e. The number of hydrogen-bond donors (Lipinski definition) is 2. The maximum absolute atomic E-state index is 12.8. The molecule has 2 unspecified atom stereocenters. The van der Waals surface area contributed by atoms with Crippen LogP contribution in [0.4, 0.5) is 0 Å². The number of benzene rings is 2. The summed E-state index contributed by atoms with van der Waals surface area (Å²) in [4.78, 5) is 17.3. The lowest BCUT2D eigenvalue weighted by Crippen LogP contribution is -2.54. The molecule has 2 heterocycles. The second kappa shape index (κ2) is 8.21. The molecule has 0 bridgehead atoms. The highest BCUT2D eigenvalue weighted by atomic mass is 16.2. The van der Waals surface area contributed by atoms with Gasteiger partial charge in [-0.1, -0.05) is 60.7 Å². The van der Waals surface area contributed by atoms with E-state index in [2.05, 4.69) is 83.3 Å². The number of carbonyl (C=O) groups is 1. The molecular formula is C22H28N4O. The first-order valence-electron chi connectivity index (χ1n) is 9.86. The van der Waals surface area contributed by atoms with Gasteiger partial charge in [-0.05, 0) is 24.5 Å². The quantitative estimate of drug-likeness (QED) is 0.873. The fourth-order valence-corrected chi connectivity index (χ4v) is 4.18. The molecule has 2 aliphatic heterocycles. The third-order valence-electron chi connectivity index (χ3n) is 5.61. The number of rotatable bonds is 4. The normalized spacial score (nSPS) is 23.7. The van der Waals surface area contributed by atoms with Crippen LogP contribution in [0.2, 0.25) is 0 Å². The molecular weight excluding hydrogens is 336 g/mol. The van der Waals surface area contributed by atoms with E-state index in [-0.39, 0.29) is 18.0 Å². The van der Waals surface area contributed by atoms with Crippen LogP contribution in [-0.2, 0) is 4.79 Å². The molecule has 0 radical (unpaired) electrons. The van der Waals surface area contributed by atoms with Gasteiger partial charge in [0.1, 0.15) is 6.04 Å². The van der Waals surface area contributed by atoms with Gasteiger partial charge >= 0.3 is 0 Å². The van der Waals surface area contributed by atoms with Crippen LogP contribution in [0.1, 0.15) is 30.5 Å². The molecule has 5 nitrogen and oxygen atoms in total. The van der Waals surface area contributed by atoms with E-state index in [1.807, 2.05) is 4.90 Å². The zero-order chi connectivity index (χ0) is 18.6. The molecule has 0 aliphatic carbocycles. The van der Waals surface area contributed by atoms with Gasteiger partial charge in [-0.15, -0.1) is 0 Å². The van der Waals surface area contributed by atoms with E-state index in [0.29, 0.717) is 6.04 Å². The van der Waals surface area contributed by atoms with E-state index in [4.69, 9.17) is 0 Å². The first kappa shape index (κ1) is 18.2. The van der Waals surface area contributed by atoms with Gasteiger partial charge in [0, 0.05) is 32.2 Å². The molecule has 0 saturated carbocycles. The van der Waals surface area contributed by atoms with Crippen molar-refractivity contribution in [2.24, 2.45) is 0 Å². The van der Waals surface area contributed by atoms with Crippen molar-refractivity contribution in [3.05, 3.63) is 71.8 Å². The summed E-state index contributed by atoms with van der Waals surface area (Å²) < 4.78 is 0. The standard InChI is InChI=1S/C22H28N4O/c1-17-16-20(24-23-17)22(27)26-14-12-25(13-15-26)21(18-8-4-2-5-9-18)19-10-6-3-7-11-19/h2-11,17,20-21,23-24H,12-16H2,1H3. The van der Waals surface area contributed by atoms with Crippen LogP contribution < -0.4 is 10.9 Å². The monoisotopic (exact) mass is 364 g/mol. The Hall–Kier alpha value is -2.21. The smallest absolute Gasteiger partial charge is 0.241 e. The van der Waals surface area contributed by atoms with Gasteiger partial charge in [0.2, 0.25) is 5.91 Å². The molecule has 5 heteroatoms. The van der Waals surface area contributed by atoms with Gasteiger partial charge in [0.25, 0.3) is 0 Å². The minimum atomic E-state index is -0.0920. The Morgan fingerprint density at radius 1 is 0.889 bits per heavy atom. The van der Waals surface area contributed by atoms with E-state index >= 15 is 0 Å². The van der Waals surface area contributed by atoms with Crippen molar-refractivity contribution < 1.29 is 4.79 Å². The van der Waals surface area contributed by atoms with Crippen molar-refractivity contribution >= 4 is 5.91 Å². The van der Waals surface area contributed by atoms with Crippen LogP contribution in [0.25, 0.3) is 0 Å². The van der Waals surface area contributed by atoms with Gasteiger partial charge in [-0.3, -0.25) is 15.1 Å². The van der Waals surface area contributed by atoms with Crippen molar-refractivity contribution in [1.82, 2.24) is 20.7 Å². The maximum atomic E-state index is 12.8. The van der Waals surface area contributed by atoms with Crippen LogP contribution in [0.5, 0.6) is 0 Å². The molecule has 4 rings (SSSR count). The fraction of sp³-hybridized carbons (Fsp3) is 0.409. The molecule has 1 amide bonds. The van der Waals surface area contributed by atoms with Crippen molar-refractivity contribution in [2.75, 3.05) is 26.2 Å². The molecule has 2 saturated heterocycles. The van der Waals surface area contributed by atoms with Crippen molar-refractivity contribution in [2.45, 2.75) is 31.5 Å². The summed E-state index contributed by atoms with van der Waals surface area (Å²) in [6.07, 6.45) is 0.857. The Morgan fingerprint density at radius 2 is 1.44 bits per heavy atom. The Morgan fingerprint density at radius 3 is 1.93 bits per heavy atom. The van der Waals surface area contributed by atoms with E-state index in [1.165, 1.54) is 11.1 Å². The van der Waals surface area contributed by atoms with E-state index in [1.54, 1.807) is 0 Å². The number of hydrogen-bond acceptors (Lipinski definition) is 4. The number of hydrazine groups is 1. The molecule has 2 aromatic carbocycles. The lowest BCUT2D eigenvalue weighted by molar-refractivity contribution is -0.135. The number of nitrogens with one attached hydrogen (secondary N) is 2.